The molecular weight excluding hydrogens is 393 g/mol. The summed E-state index contributed by atoms with van der Waals surface area (Å²) >= 11 is 0. The van der Waals surface area contributed by atoms with Crippen molar-refractivity contribution in [2.75, 3.05) is 11.5 Å². The van der Waals surface area contributed by atoms with E-state index >= 15 is 0 Å². The molecule has 0 spiro atoms. The summed E-state index contributed by atoms with van der Waals surface area (Å²) in [5, 5.41) is 0. The summed E-state index contributed by atoms with van der Waals surface area (Å²) < 4.78 is 59.7. The van der Waals surface area contributed by atoms with Crippen LogP contribution in [-0.4, -0.2) is 37.4 Å². The number of unbranched alkanes of at least 4 members (excludes halogenated alkanes) is 4. The van der Waals surface area contributed by atoms with E-state index in [1.807, 2.05) is 13.8 Å². The third kappa shape index (κ3) is 32.4. The zero-order valence-electron chi connectivity index (χ0n) is 11.6. The van der Waals surface area contributed by atoms with Gasteiger partial charge in [-0.05, 0) is 12.8 Å². The third-order valence-corrected chi connectivity index (χ3v) is 3.57. The standard InChI is InChI=1S/2C5H12O3S.Cd/c2*1-2-3-4-5-9(6,7)8;/h2*2-5H2,1H3,(H,6,7,8);/q;;+2/p-2. The molecule has 0 radical (unpaired) electrons. The smallest absolute Gasteiger partial charge is 0.748 e. The predicted molar refractivity (Wildman–Crippen MR) is 68.2 cm³/mol. The zero-order valence-corrected chi connectivity index (χ0v) is 17.3. The predicted octanol–water partition coefficient (Wildman–Crippen LogP) is 1.44. The van der Waals surface area contributed by atoms with Crippen LogP contribution in [0.5, 0.6) is 0 Å². The number of hydrogen-bond donors (Lipinski definition) is 0. The summed E-state index contributed by atoms with van der Waals surface area (Å²) in [6.45, 7) is 3.91. The second-order valence-corrected chi connectivity index (χ2v) is 6.99. The fourth-order valence-electron chi connectivity index (χ4n) is 1.06. The Morgan fingerprint density at radius 1 is 0.684 bits per heavy atom. The van der Waals surface area contributed by atoms with Crippen LogP contribution in [0, 0.1) is 0 Å². The Balaban J connectivity index is -0.000000256. The van der Waals surface area contributed by atoms with Crippen LogP contribution in [0.1, 0.15) is 52.4 Å². The van der Waals surface area contributed by atoms with Crippen molar-refractivity contribution < 1.29 is 53.2 Å². The molecule has 0 rings (SSSR count). The summed E-state index contributed by atoms with van der Waals surface area (Å²) in [7, 11) is -7.89. The molecular formula is C10H22CdO6S2. The minimum Gasteiger partial charge on any atom is -0.748 e. The number of rotatable bonds is 8. The quantitative estimate of drug-likeness (QED) is 0.337. The Labute approximate surface area is 137 Å². The SMILES string of the molecule is CCCCCS(=O)(=O)[O-].CCCCCS(=O)(=O)[O-].[Cd+2]. The van der Waals surface area contributed by atoms with Gasteiger partial charge in [0.05, 0.1) is 20.2 Å². The van der Waals surface area contributed by atoms with Gasteiger partial charge in [0.15, 0.2) is 0 Å². The summed E-state index contributed by atoms with van der Waals surface area (Å²) in [5.74, 6) is -0.415. The molecule has 0 saturated heterocycles. The average Bonchev–Trinajstić information content (AvgIpc) is 2.16. The molecule has 0 bridgehead atoms. The first-order chi connectivity index (χ1) is 8.12. The van der Waals surface area contributed by atoms with Gasteiger partial charge in [-0.3, -0.25) is 0 Å². The van der Waals surface area contributed by atoms with E-state index in [1.54, 1.807) is 0 Å². The zero-order chi connectivity index (χ0) is 14.7. The third-order valence-electron chi connectivity index (χ3n) is 2.00. The summed E-state index contributed by atoms with van der Waals surface area (Å²) in [6, 6.07) is 0. The van der Waals surface area contributed by atoms with E-state index in [0.717, 1.165) is 25.7 Å². The van der Waals surface area contributed by atoms with E-state index in [9.17, 15) is 25.9 Å². The molecule has 0 aliphatic rings. The first kappa shape index (κ1) is 24.7. The van der Waals surface area contributed by atoms with E-state index in [0.29, 0.717) is 12.8 Å². The van der Waals surface area contributed by atoms with E-state index in [4.69, 9.17) is 0 Å². The second kappa shape index (κ2) is 13.7. The first-order valence-electron chi connectivity index (χ1n) is 5.99. The maximum atomic E-state index is 9.95. The van der Waals surface area contributed by atoms with Gasteiger partial charge in [0.1, 0.15) is 0 Å². The molecule has 0 aliphatic heterocycles. The van der Waals surface area contributed by atoms with Crippen LogP contribution in [0.2, 0.25) is 0 Å². The van der Waals surface area contributed by atoms with Gasteiger partial charge in [-0.25, -0.2) is 16.8 Å². The topological polar surface area (TPSA) is 114 Å². The molecule has 0 saturated carbocycles. The fourth-order valence-corrected chi connectivity index (χ4v) is 2.17. The van der Waals surface area contributed by atoms with Crippen LogP contribution in [0.25, 0.3) is 0 Å². The Kier molecular flexibility index (Phi) is 17.9. The van der Waals surface area contributed by atoms with Gasteiger partial charge in [-0.2, -0.15) is 0 Å². The summed E-state index contributed by atoms with van der Waals surface area (Å²) in [4.78, 5) is 0. The van der Waals surface area contributed by atoms with Gasteiger partial charge < -0.3 is 9.11 Å². The molecule has 0 amide bonds. The largest absolute Gasteiger partial charge is 2.00 e. The minimum absolute atomic E-state index is 0. The molecule has 0 aromatic heterocycles. The van der Waals surface area contributed by atoms with Crippen molar-refractivity contribution in [1.29, 1.82) is 0 Å². The van der Waals surface area contributed by atoms with Gasteiger partial charge in [0.25, 0.3) is 0 Å². The van der Waals surface area contributed by atoms with Crippen molar-refractivity contribution in [2.24, 2.45) is 0 Å². The Hall–Kier alpha value is 0.742. The molecule has 0 N–H and O–H groups in total. The van der Waals surface area contributed by atoms with Crippen molar-refractivity contribution in [3.63, 3.8) is 0 Å². The minimum atomic E-state index is -3.95. The van der Waals surface area contributed by atoms with Gasteiger partial charge in [0.2, 0.25) is 0 Å². The van der Waals surface area contributed by atoms with E-state index in [1.165, 1.54) is 0 Å². The molecule has 0 heterocycles. The summed E-state index contributed by atoms with van der Waals surface area (Å²) in [5.41, 5.74) is 0. The molecule has 19 heavy (non-hydrogen) atoms. The van der Waals surface area contributed by atoms with Crippen LogP contribution in [0.3, 0.4) is 0 Å². The van der Waals surface area contributed by atoms with E-state index in [-0.39, 0.29) is 38.8 Å². The molecule has 0 aromatic carbocycles. The summed E-state index contributed by atoms with van der Waals surface area (Å²) in [6.07, 6.45) is 4.53. The van der Waals surface area contributed by atoms with Crippen LogP contribution in [0.15, 0.2) is 0 Å². The fraction of sp³-hybridized carbons (Fsp3) is 1.00. The Morgan fingerprint density at radius 3 is 1.11 bits per heavy atom. The monoisotopic (exact) mass is 416 g/mol. The van der Waals surface area contributed by atoms with Crippen LogP contribution >= 0.6 is 0 Å². The molecule has 0 unspecified atom stereocenters. The van der Waals surface area contributed by atoms with Gasteiger partial charge in [-0.1, -0.05) is 39.5 Å². The molecule has 6 nitrogen and oxygen atoms in total. The van der Waals surface area contributed by atoms with Crippen LogP contribution < -0.4 is 0 Å². The van der Waals surface area contributed by atoms with Crippen molar-refractivity contribution in [2.45, 2.75) is 52.4 Å². The van der Waals surface area contributed by atoms with Crippen LogP contribution in [0.4, 0.5) is 0 Å². The Morgan fingerprint density at radius 2 is 0.947 bits per heavy atom. The van der Waals surface area contributed by atoms with Crippen molar-refractivity contribution >= 4 is 20.2 Å². The number of hydrogen-bond acceptors (Lipinski definition) is 6. The molecule has 112 valence electrons. The maximum Gasteiger partial charge on any atom is 2.00 e. The van der Waals surface area contributed by atoms with Gasteiger partial charge >= 0.3 is 27.3 Å². The van der Waals surface area contributed by atoms with Crippen molar-refractivity contribution in [3.8, 4) is 0 Å². The second-order valence-electron chi connectivity index (χ2n) is 3.94. The van der Waals surface area contributed by atoms with Crippen LogP contribution in [-0.2, 0) is 47.5 Å². The molecule has 9 heteroatoms. The van der Waals surface area contributed by atoms with E-state index < -0.39 is 20.2 Å². The molecule has 0 fully saturated rings. The van der Waals surface area contributed by atoms with Gasteiger partial charge in [0, 0.05) is 11.5 Å². The molecule has 0 atom stereocenters. The molecule has 0 aliphatic carbocycles. The van der Waals surface area contributed by atoms with E-state index in [2.05, 4.69) is 0 Å². The normalized spacial score (nSPS) is 11.2. The Bertz CT molecular complexity index is 339. The molecule has 0 aromatic rings. The average molecular weight is 415 g/mol. The maximum absolute atomic E-state index is 9.95. The first-order valence-corrected chi connectivity index (χ1v) is 9.15. The van der Waals surface area contributed by atoms with Gasteiger partial charge in [-0.15, -0.1) is 0 Å². The van der Waals surface area contributed by atoms with Crippen molar-refractivity contribution in [1.82, 2.24) is 0 Å². The van der Waals surface area contributed by atoms with Crippen molar-refractivity contribution in [3.05, 3.63) is 0 Å².